The SMILES string of the molecule is CCOC(=O)[C@H](N)Cc1cc2ccccc2[nH]1. The van der Waals surface area contributed by atoms with Crippen molar-refractivity contribution in [2.75, 3.05) is 6.61 Å². The molecule has 0 aliphatic heterocycles. The first kappa shape index (κ1) is 11.7. The summed E-state index contributed by atoms with van der Waals surface area (Å²) in [5, 5.41) is 1.12. The van der Waals surface area contributed by atoms with Crippen molar-refractivity contribution in [3.05, 3.63) is 36.0 Å². The Kier molecular flexibility index (Phi) is 3.44. The maximum atomic E-state index is 11.4. The van der Waals surface area contributed by atoms with Crippen molar-refractivity contribution in [2.45, 2.75) is 19.4 Å². The third kappa shape index (κ3) is 2.65. The summed E-state index contributed by atoms with van der Waals surface area (Å²) in [5.74, 6) is -0.355. The molecular formula is C13H16N2O2. The summed E-state index contributed by atoms with van der Waals surface area (Å²) in [4.78, 5) is 14.6. The van der Waals surface area contributed by atoms with E-state index in [0.717, 1.165) is 16.6 Å². The number of aromatic nitrogens is 1. The molecule has 0 unspecified atom stereocenters. The molecule has 1 heterocycles. The number of carbonyl (C=O) groups excluding carboxylic acids is 1. The maximum absolute atomic E-state index is 11.4. The number of H-pyrrole nitrogens is 1. The van der Waals surface area contributed by atoms with Crippen LogP contribution >= 0.6 is 0 Å². The number of para-hydroxylation sites is 1. The molecule has 4 heteroatoms. The van der Waals surface area contributed by atoms with Crippen molar-refractivity contribution in [1.29, 1.82) is 0 Å². The Balaban J connectivity index is 2.10. The van der Waals surface area contributed by atoms with Gasteiger partial charge in [0.15, 0.2) is 0 Å². The van der Waals surface area contributed by atoms with Gasteiger partial charge in [-0.1, -0.05) is 18.2 Å². The maximum Gasteiger partial charge on any atom is 0.323 e. The van der Waals surface area contributed by atoms with Crippen molar-refractivity contribution >= 4 is 16.9 Å². The summed E-state index contributed by atoms with van der Waals surface area (Å²) in [5.41, 5.74) is 7.77. The molecule has 0 aliphatic rings. The number of nitrogens with two attached hydrogens (primary N) is 1. The van der Waals surface area contributed by atoms with Crippen LogP contribution in [0.4, 0.5) is 0 Å². The van der Waals surface area contributed by atoms with Crippen molar-refractivity contribution < 1.29 is 9.53 Å². The minimum Gasteiger partial charge on any atom is -0.465 e. The predicted molar refractivity (Wildman–Crippen MR) is 66.6 cm³/mol. The van der Waals surface area contributed by atoms with Gasteiger partial charge in [-0.15, -0.1) is 0 Å². The van der Waals surface area contributed by atoms with Gasteiger partial charge in [0.2, 0.25) is 0 Å². The fourth-order valence-electron chi connectivity index (χ4n) is 1.81. The van der Waals surface area contributed by atoms with Gasteiger partial charge in [-0.3, -0.25) is 4.79 Å². The van der Waals surface area contributed by atoms with E-state index in [1.54, 1.807) is 6.92 Å². The van der Waals surface area contributed by atoms with E-state index in [4.69, 9.17) is 10.5 Å². The first-order valence-corrected chi connectivity index (χ1v) is 5.69. The molecule has 1 atom stereocenters. The molecule has 0 spiro atoms. The quantitative estimate of drug-likeness (QED) is 0.787. The van der Waals surface area contributed by atoms with E-state index in [9.17, 15) is 4.79 Å². The summed E-state index contributed by atoms with van der Waals surface area (Å²) < 4.78 is 4.87. The molecule has 0 bridgehead atoms. The van der Waals surface area contributed by atoms with Crippen LogP contribution in [0.5, 0.6) is 0 Å². The molecule has 2 aromatic rings. The number of aromatic amines is 1. The second kappa shape index (κ2) is 5.01. The van der Waals surface area contributed by atoms with Crippen molar-refractivity contribution in [3.63, 3.8) is 0 Å². The standard InChI is InChI=1S/C13H16N2O2/c1-2-17-13(16)11(14)8-10-7-9-5-3-4-6-12(9)15-10/h3-7,11,15H,2,8,14H2,1H3/t11-/m1/s1. The molecule has 3 N–H and O–H groups in total. The summed E-state index contributed by atoms with van der Waals surface area (Å²) in [6.07, 6.45) is 0.466. The van der Waals surface area contributed by atoms with E-state index in [-0.39, 0.29) is 5.97 Å². The van der Waals surface area contributed by atoms with E-state index in [1.165, 1.54) is 0 Å². The van der Waals surface area contributed by atoms with Crippen LogP contribution < -0.4 is 5.73 Å². The molecule has 1 aromatic heterocycles. The van der Waals surface area contributed by atoms with Gasteiger partial charge in [-0.05, 0) is 24.4 Å². The molecule has 0 aliphatic carbocycles. The highest BCUT2D eigenvalue weighted by Gasteiger charge is 2.15. The number of nitrogens with one attached hydrogen (secondary N) is 1. The van der Waals surface area contributed by atoms with Crippen LogP contribution in [0.25, 0.3) is 10.9 Å². The largest absolute Gasteiger partial charge is 0.465 e. The van der Waals surface area contributed by atoms with Gasteiger partial charge in [0.1, 0.15) is 6.04 Å². The number of ether oxygens (including phenoxy) is 1. The van der Waals surface area contributed by atoms with Crippen molar-refractivity contribution in [1.82, 2.24) is 4.98 Å². The van der Waals surface area contributed by atoms with Gasteiger partial charge in [0, 0.05) is 17.6 Å². The number of hydrogen-bond donors (Lipinski definition) is 2. The average molecular weight is 232 g/mol. The second-order valence-corrected chi connectivity index (χ2v) is 3.94. The third-order valence-electron chi connectivity index (χ3n) is 2.61. The molecule has 4 nitrogen and oxygen atoms in total. The molecule has 1 aromatic carbocycles. The molecule has 0 saturated carbocycles. The molecule has 17 heavy (non-hydrogen) atoms. The van der Waals surface area contributed by atoms with E-state index in [0.29, 0.717) is 13.0 Å². The first-order valence-electron chi connectivity index (χ1n) is 5.69. The molecule has 0 saturated heterocycles. The summed E-state index contributed by atoms with van der Waals surface area (Å²) in [7, 11) is 0. The highest BCUT2D eigenvalue weighted by molar-refractivity contribution is 5.81. The fourth-order valence-corrected chi connectivity index (χ4v) is 1.81. The molecule has 0 amide bonds. The zero-order valence-corrected chi connectivity index (χ0v) is 9.77. The molecular weight excluding hydrogens is 216 g/mol. The lowest BCUT2D eigenvalue weighted by molar-refractivity contribution is -0.144. The van der Waals surface area contributed by atoms with Crippen molar-refractivity contribution in [3.8, 4) is 0 Å². The van der Waals surface area contributed by atoms with E-state index in [2.05, 4.69) is 4.98 Å². The molecule has 90 valence electrons. The van der Waals surface area contributed by atoms with Gasteiger partial charge in [-0.2, -0.15) is 0 Å². The normalized spacial score (nSPS) is 12.6. The number of hydrogen-bond acceptors (Lipinski definition) is 3. The minimum absolute atomic E-state index is 0.355. The van der Waals surface area contributed by atoms with Crippen LogP contribution in [0, 0.1) is 0 Å². The van der Waals surface area contributed by atoms with Gasteiger partial charge in [0.25, 0.3) is 0 Å². The average Bonchev–Trinajstić information content (AvgIpc) is 2.71. The Morgan fingerprint density at radius 2 is 2.24 bits per heavy atom. The Bertz CT molecular complexity index is 486. The Morgan fingerprint density at radius 3 is 2.94 bits per heavy atom. The zero-order chi connectivity index (χ0) is 12.3. The van der Waals surface area contributed by atoms with Crippen LogP contribution in [0.3, 0.4) is 0 Å². The van der Waals surface area contributed by atoms with Gasteiger partial charge >= 0.3 is 5.97 Å². The second-order valence-electron chi connectivity index (χ2n) is 3.94. The monoisotopic (exact) mass is 232 g/mol. The molecule has 0 radical (unpaired) electrons. The van der Waals surface area contributed by atoms with Crippen LogP contribution in [0.15, 0.2) is 30.3 Å². The third-order valence-corrected chi connectivity index (χ3v) is 2.61. The highest BCUT2D eigenvalue weighted by atomic mass is 16.5. The number of carbonyl (C=O) groups is 1. The topological polar surface area (TPSA) is 68.1 Å². The van der Waals surface area contributed by atoms with Gasteiger partial charge in [-0.25, -0.2) is 0 Å². The van der Waals surface area contributed by atoms with Crippen LogP contribution in [0.2, 0.25) is 0 Å². The van der Waals surface area contributed by atoms with E-state index in [1.807, 2.05) is 30.3 Å². The minimum atomic E-state index is -0.608. The predicted octanol–water partition coefficient (Wildman–Crippen LogP) is 1.60. The molecule has 2 rings (SSSR count). The van der Waals surface area contributed by atoms with Crippen LogP contribution in [-0.4, -0.2) is 23.6 Å². The number of esters is 1. The van der Waals surface area contributed by atoms with E-state index < -0.39 is 6.04 Å². The lowest BCUT2D eigenvalue weighted by atomic mass is 10.1. The van der Waals surface area contributed by atoms with Crippen LogP contribution in [-0.2, 0) is 16.0 Å². The fraction of sp³-hybridized carbons (Fsp3) is 0.308. The van der Waals surface area contributed by atoms with Crippen molar-refractivity contribution in [2.24, 2.45) is 5.73 Å². The summed E-state index contributed by atoms with van der Waals surface area (Å²) in [6, 6.07) is 9.36. The summed E-state index contributed by atoms with van der Waals surface area (Å²) >= 11 is 0. The lowest BCUT2D eigenvalue weighted by Gasteiger charge is -2.08. The Morgan fingerprint density at radius 1 is 1.47 bits per heavy atom. The molecule has 0 fully saturated rings. The number of benzene rings is 1. The number of fused-ring (bicyclic) bond motifs is 1. The Hall–Kier alpha value is -1.81. The van der Waals surface area contributed by atoms with E-state index >= 15 is 0 Å². The van der Waals surface area contributed by atoms with Crippen LogP contribution in [0.1, 0.15) is 12.6 Å². The Labute approximate surface area is 99.8 Å². The smallest absolute Gasteiger partial charge is 0.323 e. The zero-order valence-electron chi connectivity index (χ0n) is 9.77. The highest BCUT2D eigenvalue weighted by Crippen LogP contribution is 2.15. The van der Waals surface area contributed by atoms with Gasteiger partial charge in [0.05, 0.1) is 6.61 Å². The first-order chi connectivity index (χ1) is 8.20. The number of rotatable bonds is 4. The lowest BCUT2D eigenvalue weighted by Crippen LogP contribution is -2.34. The summed E-state index contributed by atoms with van der Waals surface area (Å²) in [6.45, 7) is 2.13. The van der Waals surface area contributed by atoms with Gasteiger partial charge < -0.3 is 15.5 Å².